The third kappa shape index (κ3) is 4.63. The first kappa shape index (κ1) is 22.0. The smallest absolute Gasteiger partial charge is 0.262 e. The molecule has 5 rings (SSSR count). The van der Waals surface area contributed by atoms with Crippen LogP contribution in [0.15, 0.2) is 87.5 Å². The summed E-state index contributed by atoms with van der Waals surface area (Å²) in [7, 11) is 0. The molecule has 0 N–H and O–H groups in total. The van der Waals surface area contributed by atoms with Crippen molar-refractivity contribution in [1.82, 2.24) is 24.7 Å². The van der Waals surface area contributed by atoms with Gasteiger partial charge >= 0.3 is 0 Å². The number of benzene rings is 2. The Bertz CT molecular complexity index is 1480. The third-order valence-electron chi connectivity index (χ3n) is 5.52. The van der Waals surface area contributed by atoms with E-state index in [-0.39, 0.29) is 5.56 Å². The van der Waals surface area contributed by atoms with Crippen molar-refractivity contribution in [3.8, 4) is 11.4 Å². The maximum Gasteiger partial charge on any atom is 0.262 e. The van der Waals surface area contributed by atoms with Gasteiger partial charge in [-0.3, -0.25) is 14.3 Å². The number of hydrogen-bond donors (Lipinski definition) is 0. The SMILES string of the molecule is CC(C)c1ccc(-c2noc(CSc3nc4ccccc4c(=O)n3Cc3cccnc3)n2)cc1. The summed E-state index contributed by atoms with van der Waals surface area (Å²) in [6.45, 7) is 4.70. The van der Waals surface area contributed by atoms with Gasteiger partial charge in [0.15, 0.2) is 5.16 Å². The van der Waals surface area contributed by atoms with Gasteiger partial charge in [0.05, 0.1) is 23.2 Å². The van der Waals surface area contributed by atoms with Crippen LogP contribution in [-0.2, 0) is 12.3 Å². The predicted octanol–water partition coefficient (Wildman–Crippen LogP) is 5.31. The Hall–Kier alpha value is -3.78. The number of para-hydroxylation sites is 1. The molecule has 0 saturated heterocycles. The summed E-state index contributed by atoms with van der Waals surface area (Å²) in [5.41, 5.74) is 3.66. The van der Waals surface area contributed by atoms with Crippen LogP contribution in [0.1, 0.15) is 36.8 Å². The normalized spacial score (nSPS) is 11.4. The lowest BCUT2D eigenvalue weighted by Gasteiger charge is -2.12. The molecule has 34 heavy (non-hydrogen) atoms. The van der Waals surface area contributed by atoms with E-state index in [0.717, 1.165) is 11.1 Å². The molecule has 7 nitrogen and oxygen atoms in total. The Morgan fingerprint density at radius 1 is 1.00 bits per heavy atom. The summed E-state index contributed by atoms with van der Waals surface area (Å²) in [6, 6.07) is 19.4. The zero-order chi connectivity index (χ0) is 23.5. The average molecular weight is 470 g/mol. The van der Waals surface area contributed by atoms with Gasteiger partial charge in [0.1, 0.15) is 0 Å². The van der Waals surface area contributed by atoms with Crippen LogP contribution in [0.5, 0.6) is 0 Å². The molecule has 0 bridgehead atoms. The topological polar surface area (TPSA) is 86.7 Å². The molecule has 8 heteroatoms. The largest absolute Gasteiger partial charge is 0.338 e. The van der Waals surface area contributed by atoms with Crippen LogP contribution in [-0.4, -0.2) is 24.7 Å². The molecule has 2 aromatic carbocycles. The number of rotatable bonds is 7. The lowest BCUT2D eigenvalue weighted by molar-refractivity contribution is 0.391. The zero-order valence-corrected chi connectivity index (χ0v) is 19.7. The summed E-state index contributed by atoms with van der Waals surface area (Å²) in [5.74, 6) is 1.88. The van der Waals surface area contributed by atoms with Crippen molar-refractivity contribution in [3.05, 3.63) is 100 Å². The van der Waals surface area contributed by atoms with Gasteiger partial charge in [-0.05, 0) is 35.2 Å². The molecule has 0 unspecified atom stereocenters. The van der Waals surface area contributed by atoms with Crippen LogP contribution >= 0.6 is 11.8 Å². The van der Waals surface area contributed by atoms with Crippen LogP contribution in [0.25, 0.3) is 22.3 Å². The summed E-state index contributed by atoms with van der Waals surface area (Å²) in [6.07, 6.45) is 3.47. The number of aromatic nitrogens is 5. The van der Waals surface area contributed by atoms with Gasteiger partial charge in [0, 0.05) is 18.0 Å². The monoisotopic (exact) mass is 469 g/mol. The summed E-state index contributed by atoms with van der Waals surface area (Å²) < 4.78 is 7.16. The molecule has 0 aliphatic rings. The van der Waals surface area contributed by atoms with Crippen molar-refractivity contribution < 1.29 is 4.52 Å². The number of thioether (sulfide) groups is 1. The number of nitrogens with zero attached hydrogens (tertiary/aromatic N) is 5. The Balaban J connectivity index is 1.41. The molecule has 5 aromatic rings. The minimum Gasteiger partial charge on any atom is -0.338 e. The highest BCUT2D eigenvalue weighted by Crippen LogP contribution is 2.25. The van der Waals surface area contributed by atoms with Crippen molar-refractivity contribution in [2.24, 2.45) is 0 Å². The number of hydrogen-bond acceptors (Lipinski definition) is 7. The van der Waals surface area contributed by atoms with Crippen molar-refractivity contribution in [1.29, 1.82) is 0 Å². The van der Waals surface area contributed by atoms with Gasteiger partial charge in [-0.15, -0.1) is 0 Å². The van der Waals surface area contributed by atoms with Gasteiger partial charge in [-0.1, -0.05) is 73.2 Å². The van der Waals surface area contributed by atoms with Gasteiger partial charge in [-0.2, -0.15) is 4.98 Å². The van der Waals surface area contributed by atoms with Gasteiger partial charge in [0.2, 0.25) is 11.7 Å². The van der Waals surface area contributed by atoms with E-state index >= 15 is 0 Å². The molecule has 0 amide bonds. The van der Waals surface area contributed by atoms with Crippen LogP contribution in [0.3, 0.4) is 0 Å². The van der Waals surface area contributed by atoms with E-state index in [0.29, 0.717) is 46.0 Å². The molecule has 170 valence electrons. The molecule has 3 heterocycles. The van der Waals surface area contributed by atoms with Crippen LogP contribution in [0.4, 0.5) is 0 Å². The standard InChI is InChI=1S/C26H23N5O2S/c1-17(2)19-9-11-20(12-10-19)24-29-23(33-30-24)16-34-26-28-22-8-4-3-7-21(22)25(32)31(26)15-18-6-5-13-27-14-18/h3-14,17H,15-16H2,1-2H3. The highest BCUT2D eigenvalue weighted by molar-refractivity contribution is 7.98. The minimum absolute atomic E-state index is 0.0894. The van der Waals surface area contributed by atoms with Crippen LogP contribution in [0, 0.1) is 0 Å². The average Bonchev–Trinajstić information content (AvgIpc) is 3.34. The minimum atomic E-state index is -0.0894. The molecule has 0 atom stereocenters. The van der Waals surface area contributed by atoms with Gasteiger partial charge in [-0.25, -0.2) is 4.98 Å². The molecule has 0 radical (unpaired) electrons. The van der Waals surface area contributed by atoms with Crippen LogP contribution in [0.2, 0.25) is 0 Å². The molecular weight excluding hydrogens is 446 g/mol. The molecule has 0 fully saturated rings. The van der Waals surface area contributed by atoms with E-state index in [9.17, 15) is 4.79 Å². The number of pyridine rings is 1. The highest BCUT2D eigenvalue weighted by Gasteiger charge is 2.15. The van der Waals surface area contributed by atoms with Crippen molar-refractivity contribution in [2.45, 2.75) is 37.2 Å². The Morgan fingerprint density at radius 2 is 1.82 bits per heavy atom. The van der Waals surface area contributed by atoms with Crippen LogP contribution < -0.4 is 5.56 Å². The Morgan fingerprint density at radius 3 is 2.59 bits per heavy atom. The first-order valence-electron chi connectivity index (χ1n) is 11.0. The van der Waals surface area contributed by atoms with E-state index < -0.39 is 0 Å². The van der Waals surface area contributed by atoms with E-state index in [1.54, 1.807) is 23.0 Å². The van der Waals surface area contributed by atoms with Crippen molar-refractivity contribution in [3.63, 3.8) is 0 Å². The highest BCUT2D eigenvalue weighted by atomic mass is 32.2. The summed E-state index contributed by atoms with van der Waals surface area (Å²) in [5, 5.41) is 5.31. The molecular formula is C26H23N5O2S. The number of fused-ring (bicyclic) bond motifs is 1. The first-order chi connectivity index (χ1) is 16.6. The second-order valence-corrected chi connectivity index (χ2v) is 9.18. The summed E-state index contributed by atoms with van der Waals surface area (Å²) >= 11 is 1.40. The molecule has 0 saturated carbocycles. The molecule has 0 spiro atoms. The van der Waals surface area contributed by atoms with Crippen molar-refractivity contribution >= 4 is 22.7 Å². The second-order valence-electron chi connectivity index (χ2n) is 8.24. The fourth-order valence-corrected chi connectivity index (χ4v) is 4.48. The second kappa shape index (κ2) is 9.61. The molecule has 0 aliphatic carbocycles. The third-order valence-corrected chi connectivity index (χ3v) is 6.48. The van der Waals surface area contributed by atoms with Gasteiger partial charge in [0.25, 0.3) is 5.56 Å². The maximum absolute atomic E-state index is 13.3. The Labute approximate surface area is 200 Å². The van der Waals surface area contributed by atoms with E-state index in [1.807, 2.05) is 42.5 Å². The van der Waals surface area contributed by atoms with Gasteiger partial charge < -0.3 is 4.52 Å². The van der Waals surface area contributed by atoms with Crippen molar-refractivity contribution in [2.75, 3.05) is 0 Å². The van der Waals surface area contributed by atoms with E-state index in [1.165, 1.54) is 17.3 Å². The van der Waals surface area contributed by atoms with E-state index in [4.69, 9.17) is 9.51 Å². The quantitative estimate of drug-likeness (QED) is 0.236. The summed E-state index contributed by atoms with van der Waals surface area (Å²) in [4.78, 5) is 26.7. The van der Waals surface area contributed by atoms with E-state index in [2.05, 4.69) is 41.1 Å². The fourth-order valence-electron chi connectivity index (χ4n) is 3.65. The lowest BCUT2D eigenvalue weighted by Crippen LogP contribution is -2.24. The molecule has 0 aliphatic heterocycles. The lowest BCUT2D eigenvalue weighted by atomic mass is 10.0. The molecule has 3 aromatic heterocycles. The Kier molecular flexibility index (Phi) is 6.22. The maximum atomic E-state index is 13.3. The fraction of sp³-hybridized carbons (Fsp3) is 0.192. The zero-order valence-electron chi connectivity index (χ0n) is 18.9. The first-order valence-corrected chi connectivity index (χ1v) is 12.0. The predicted molar refractivity (Wildman–Crippen MR) is 133 cm³/mol.